The Bertz CT molecular complexity index is 524. The van der Waals surface area contributed by atoms with Crippen molar-refractivity contribution in [1.29, 1.82) is 0 Å². The molecule has 1 aromatic heterocycles. The summed E-state index contributed by atoms with van der Waals surface area (Å²) in [4.78, 5) is 21.3. The lowest BCUT2D eigenvalue weighted by Gasteiger charge is -2.28. The second kappa shape index (κ2) is 5.79. The number of nitrogens with zero attached hydrogens (tertiary/aromatic N) is 3. The second-order valence-corrected chi connectivity index (χ2v) is 6.62. The van der Waals surface area contributed by atoms with Gasteiger partial charge in [0.05, 0.1) is 6.54 Å². The predicted molar refractivity (Wildman–Crippen MR) is 80.0 cm³/mol. The summed E-state index contributed by atoms with van der Waals surface area (Å²) < 4.78 is 5.79. The van der Waals surface area contributed by atoms with Gasteiger partial charge in [-0.2, -0.15) is 0 Å². The van der Waals surface area contributed by atoms with Crippen molar-refractivity contribution < 1.29 is 9.21 Å². The van der Waals surface area contributed by atoms with Crippen molar-refractivity contribution >= 4 is 5.91 Å². The van der Waals surface area contributed by atoms with Crippen LogP contribution in [0.25, 0.3) is 0 Å². The lowest BCUT2D eigenvalue weighted by atomic mass is 10.1. The van der Waals surface area contributed by atoms with Crippen LogP contribution in [-0.2, 0) is 17.8 Å². The molecule has 116 valence electrons. The van der Waals surface area contributed by atoms with E-state index in [9.17, 15) is 4.79 Å². The molecule has 5 nitrogen and oxygen atoms in total. The van der Waals surface area contributed by atoms with Crippen LogP contribution < -0.4 is 0 Å². The zero-order valence-electron chi connectivity index (χ0n) is 13.3. The van der Waals surface area contributed by atoms with E-state index in [1.165, 1.54) is 6.42 Å². The largest absolute Gasteiger partial charge is 0.445 e. The molecule has 1 fully saturated rings. The SMILES string of the molecule is CC(C)c1nc2c(o1)CCN(C(=O)CC1CCCN1C)C2. The number of hydrogen-bond donors (Lipinski definition) is 0. The number of oxazole rings is 1. The highest BCUT2D eigenvalue weighted by Crippen LogP contribution is 2.25. The zero-order chi connectivity index (χ0) is 15.0. The van der Waals surface area contributed by atoms with Crippen LogP contribution in [0.1, 0.15) is 56.4 Å². The highest BCUT2D eigenvalue weighted by molar-refractivity contribution is 5.77. The van der Waals surface area contributed by atoms with Crippen molar-refractivity contribution in [1.82, 2.24) is 14.8 Å². The minimum Gasteiger partial charge on any atom is -0.445 e. The van der Waals surface area contributed by atoms with Crippen LogP contribution in [0.3, 0.4) is 0 Å². The smallest absolute Gasteiger partial charge is 0.224 e. The Morgan fingerprint density at radius 2 is 2.24 bits per heavy atom. The van der Waals surface area contributed by atoms with Gasteiger partial charge < -0.3 is 14.2 Å². The third-order valence-corrected chi connectivity index (χ3v) is 4.67. The molecule has 0 aromatic carbocycles. The minimum absolute atomic E-state index is 0.258. The summed E-state index contributed by atoms with van der Waals surface area (Å²) in [7, 11) is 2.12. The van der Waals surface area contributed by atoms with E-state index < -0.39 is 0 Å². The van der Waals surface area contributed by atoms with E-state index in [0.29, 0.717) is 24.9 Å². The molecule has 0 radical (unpaired) electrons. The lowest BCUT2D eigenvalue weighted by molar-refractivity contribution is -0.133. The van der Waals surface area contributed by atoms with E-state index in [0.717, 1.165) is 43.3 Å². The molecular weight excluding hydrogens is 266 g/mol. The first-order valence-corrected chi connectivity index (χ1v) is 8.01. The molecule has 21 heavy (non-hydrogen) atoms. The van der Waals surface area contributed by atoms with Crippen LogP contribution in [0.2, 0.25) is 0 Å². The number of fused-ring (bicyclic) bond motifs is 1. The maximum atomic E-state index is 12.5. The Labute approximate surface area is 126 Å². The summed E-state index contributed by atoms with van der Waals surface area (Å²) in [6.07, 6.45) is 3.78. The third-order valence-electron chi connectivity index (χ3n) is 4.67. The van der Waals surface area contributed by atoms with Gasteiger partial charge in [0.25, 0.3) is 0 Å². The summed E-state index contributed by atoms with van der Waals surface area (Å²) >= 11 is 0. The van der Waals surface area contributed by atoms with Gasteiger partial charge in [-0.05, 0) is 26.4 Å². The summed E-state index contributed by atoms with van der Waals surface area (Å²) in [6.45, 7) is 6.64. The van der Waals surface area contributed by atoms with E-state index in [2.05, 4.69) is 30.8 Å². The van der Waals surface area contributed by atoms with Crippen molar-refractivity contribution in [2.45, 2.75) is 58.0 Å². The fourth-order valence-electron chi connectivity index (χ4n) is 3.25. The van der Waals surface area contributed by atoms with Crippen LogP contribution >= 0.6 is 0 Å². The summed E-state index contributed by atoms with van der Waals surface area (Å²) in [5, 5.41) is 0. The first-order chi connectivity index (χ1) is 10.0. The van der Waals surface area contributed by atoms with E-state index in [4.69, 9.17) is 4.42 Å². The average molecular weight is 291 g/mol. The highest BCUT2D eigenvalue weighted by atomic mass is 16.4. The maximum Gasteiger partial charge on any atom is 0.224 e. The van der Waals surface area contributed by atoms with Gasteiger partial charge in [0.2, 0.25) is 5.91 Å². The molecule has 0 aliphatic carbocycles. The third kappa shape index (κ3) is 2.98. The lowest BCUT2D eigenvalue weighted by Crippen LogP contribution is -2.39. The molecule has 2 aliphatic rings. The first kappa shape index (κ1) is 14.6. The Balaban J connectivity index is 1.63. The van der Waals surface area contributed by atoms with E-state index in [-0.39, 0.29) is 5.91 Å². The molecule has 1 unspecified atom stereocenters. The molecule has 0 bridgehead atoms. The highest BCUT2D eigenvalue weighted by Gasteiger charge is 2.29. The van der Waals surface area contributed by atoms with E-state index >= 15 is 0 Å². The van der Waals surface area contributed by atoms with Gasteiger partial charge in [0, 0.05) is 31.3 Å². The Morgan fingerprint density at radius 1 is 1.43 bits per heavy atom. The summed E-state index contributed by atoms with van der Waals surface area (Å²) in [5.41, 5.74) is 0.957. The second-order valence-electron chi connectivity index (χ2n) is 6.62. The number of likely N-dealkylation sites (tertiary alicyclic amines) is 1. The fraction of sp³-hybridized carbons (Fsp3) is 0.750. The monoisotopic (exact) mass is 291 g/mol. The van der Waals surface area contributed by atoms with Gasteiger partial charge in [0.1, 0.15) is 11.5 Å². The number of carbonyl (C=O) groups excluding carboxylic acids is 1. The molecule has 1 aromatic rings. The van der Waals surface area contributed by atoms with E-state index in [1.807, 2.05) is 4.90 Å². The predicted octanol–water partition coefficient (Wildman–Crippen LogP) is 2.17. The number of hydrogen-bond acceptors (Lipinski definition) is 4. The summed E-state index contributed by atoms with van der Waals surface area (Å²) in [5.74, 6) is 2.32. The Hall–Kier alpha value is -1.36. The van der Waals surface area contributed by atoms with Crippen LogP contribution in [0.15, 0.2) is 4.42 Å². The Morgan fingerprint density at radius 3 is 2.90 bits per heavy atom. The normalized spacial score (nSPS) is 22.9. The van der Waals surface area contributed by atoms with Crippen molar-refractivity contribution in [3.05, 3.63) is 17.3 Å². The van der Waals surface area contributed by atoms with Gasteiger partial charge in [-0.1, -0.05) is 13.8 Å². The summed E-state index contributed by atoms with van der Waals surface area (Å²) in [6, 6.07) is 0.419. The van der Waals surface area contributed by atoms with Gasteiger partial charge in [-0.25, -0.2) is 4.98 Å². The van der Waals surface area contributed by atoms with Crippen molar-refractivity contribution in [3.63, 3.8) is 0 Å². The number of carbonyl (C=O) groups is 1. The van der Waals surface area contributed by atoms with Gasteiger partial charge in [-0.15, -0.1) is 0 Å². The molecule has 1 atom stereocenters. The minimum atomic E-state index is 0.258. The van der Waals surface area contributed by atoms with Gasteiger partial charge in [0.15, 0.2) is 5.89 Å². The number of amides is 1. The van der Waals surface area contributed by atoms with Crippen molar-refractivity contribution in [3.8, 4) is 0 Å². The molecule has 1 amide bonds. The van der Waals surface area contributed by atoms with Gasteiger partial charge in [-0.3, -0.25) is 4.79 Å². The number of aromatic nitrogens is 1. The molecule has 2 aliphatic heterocycles. The van der Waals surface area contributed by atoms with Gasteiger partial charge >= 0.3 is 0 Å². The van der Waals surface area contributed by atoms with Crippen LogP contribution in [-0.4, -0.2) is 46.9 Å². The Kier molecular flexibility index (Phi) is 4.02. The van der Waals surface area contributed by atoms with Crippen molar-refractivity contribution in [2.24, 2.45) is 0 Å². The zero-order valence-corrected chi connectivity index (χ0v) is 13.3. The van der Waals surface area contributed by atoms with Crippen LogP contribution in [0, 0.1) is 0 Å². The molecular formula is C16H25N3O2. The maximum absolute atomic E-state index is 12.5. The number of rotatable bonds is 3. The molecule has 5 heteroatoms. The molecule has 1 saturated heterocycles. The molecule has 0 spiro atoms. The standard InChI is InChI=1S/C16H25N3O2/c1-11(2)16-17-13-10-19(8-6-14(13)21-16)15(20)9-12-5-4-7-18(12)3/h11-12H,4-10H2,1-3H3. The molecule has 0 N–H and O–H groups in total. The van der Waals surface area contributed by atoms with Crippen LogP contribution in [0.5, 0.6) is 0 Å². The molecule has 3 heterocycles. The first-order valence-electron chi connectivity index (χ1n) is 8.01. The van der Waals surface area contributed by atoms with Crippen molar-refractivity contribution in [2.75, 3.05) is 20.1 Å². The topological polar surface area (TPSA) is 49.6 Å². The fourth-order valence-corrected chi connectivity index (χ4v) is 3.25. The van der Waals surface area contributed by atoms with E-state index in [1.54, 1.807) is 0 Å². The van der Waals surface area contributed by atoms with Crippen LogP contribution in [0.4, 0.5) is 0 Å². The molecule has 3 rings (SSSR count). The molecule has 0 saturated carbocycles. The average Bonchev–Trinajstić information content (AvgIpc) is 3.04. The quantitative estimate of drug-likeness (QED) is 0.856.